The van der Waals surface area contributed by atoms with E-state index < -0.39 is 0 Å². The molecule has 0 spiro atoms. The van der Waals surface area contributed by atoms with Gasteiger partial charge in [-0.25, -0.2) is 0 Å². The van der Waals surface area contributed by atoms with Crippen LogP contribution in [0.2, 0.25) is 5.02 Å². The van der Waals surface area contributed by atoms with Gasteiger partial charge >= 0.3 is 0 Å². The minimum Gasteiger partial charge on any atom is -0.353 e. The number of nitrogens with one attached hydrogen (secondary N) is 1. The van der Waals surface area contributed by atoms with Gasteiger partial charge in [-0.1, -0.05) is 30.5 Å². The number of amides is 1. The summed E-state index contributed by atoms with van der Waals surface area (Å²) in [5.41, 5.74) is 4.20. The Morgan fingerprint density at radius 1 is 1.11 bits per heavy atom. The highest BCUT2D eigenvalue weighted by molar-refractivity contribution is 6.31. The number of aromatic amines is 1. The second-order valence-electron chi connectivity index (χ2n) is 7.53. The Hall–Kier alpha value is -2.33. The van der Waals surface area contributed by atoms with Gasteiger partial charge in [0.1, 0.15) is 0 Å². The fraction of sp³-hybridized carbons (Fsp3) is 0.391. The third-order valence-corrected chi connectivity index (χ3v) is 5.80. The molecule has 2 aromatic heterocycles. The Labute approximate surface area is 170 Å². The number of carbonyl (C=O) groups excluding carboxylic acids is 1. The van der Waals surface area contributed by atoms with Gasteiger partial charge in [0.05, 0.1) is 11.4 Å². The zero-order chi connectivity index (χ0) is 19.3. The van der Waals surface area contributed by atoms with Gasteiger partial charge in [0, 0.05) is 41.6 Å². The fourth-order valence-corrected chi connectivity index (χ4v) is 4.28. The molecule has 1 fully saturated rings. The Balaban J connectivity index is 1.53. The van der Waals surface area contributed by atoms with Crippen molar-refractivity contribution >= 4 is 28.4 Å². The highest BCUT2D eigenvalue weighted by atomic mass is 35.5. The predicted octanol–water partition coefficient (Wildman–Crippen LogP) is 5.61. The maximum absolute atomic E-state index is 12.6. The number of benzene rings is 1. The minimum absolute atomic E-state index is 0.291. The maximum atomic E-state index is 12.6. The lowest BCUT2D eigenvalue weighted by Crippen LogP contribution is -2.31. The summed E-state index contributed by atoms with van der Waals surface area (Å²) >= 11 is 6.26. The smallest absolute Gasteiger partial charge is 0.222 e. The number of rotatable bonds is 5. The van der Waals surface area contributed by atoms with Crippen molar-refractivity contribution in [3.63, 3.8) is 0 Å². The first kappa shape index (κ1) is 19.0. The van der Waals surface area contributed by atoms with Gasteiger partial charge in [-0.3, -0.25) is 9.78 Å². The van der Waals surface area contributed by atoms with Gasteiger partial charge in [0.15, 0.2) is 0 Å². The zero-order valence-electron chi connectivity index (χ0n) is 16.1. The van der Waals surface area contributed by atoms with Crippen LogP contribution >= 0.6 is 11.6 Å². The molecule has 0 atom stereocenters. The normalized spacial score (nSPS) is 15.0. The summed E-state index contributed by atoms with van der Waals surface area (Å²) in [5.74, 6) is 0.291. The molecule has 1 aliphatic heterocycles. The quantitative estimate of drug-likeness (QED) is 0.610. The molecule has 0 unspecified atom stereocenters. The monoisotopic (exact) mass is 395 g/mol. The molecule has 0 saturated carbocycles. The van der Waals surface area contributed by atoms with Gasteiger partial charge in [0.2, 0.25) is 5.91 Å². The molecule has 1 aromatic carbocycles. The molecular weight excluding hydrogens is 370 g/mol. The average molecular weight is 396 g/mol. The van der Waals surface area contributed by atoms with E-state index in [1.54, 1.807) is 6.20 Å². The number of nitrogens with zero attached hydrogens (tertiary/aromatic N) is 2. The number of halogens is 1. The van der Waals surface area contributed by atoms with Crippen LogP contribution in [0, 0.1) is 0 Å². The molecule has 3 aromatic rings. The number of hydrogen-bond acceptors (Lipinski definition) is 2. The first-order valence-electron chi connectivity index (χ1n) is 10.2. The van der Waals surface area contributed by atoms with Gasteiger partial charge in [-0.15, -0.1) is 0 Å². The first-order chi connectivity index (χ1) is 13.7. The van der Waals surface area contributed by atoms with Gasteiger partial charge in [-0.05, 0) is 61.6 Å². The van der Waals surface area contributed by atoms with E-state index >= 15 is 0 Å². The topological polar surface area (TPSA) is 49.0 Å². The number of H-pyrrole nitrogens is 1. The lowest BCUT2D eigenvalue weighted by Gasteiger charge is -2.20. The molecule has 1 saturated heterocycles. The highest BCUT2D eigenvalue weighted by Gasteiger charge is 2.17. The number of fused-ring (bicyclic) bond motifs is 1. The van der Waals surface area contributed by atoms with E-state index in [0.717, 1.165) is 66.1 Å². The molecular formula is C23H26ClN3O. The Morgan fingerprint density at radius 2 is 1.93 bits per heavy atom. The van der Waals surface area contributed by atoms with Crippen molar-refractivity contribution in [2.24, 2.45) is 0 Å². The fourth-order valence-electron chi connectivity index (χ4n) is 4.10. The van der Waals surface area contributed by atoms with E-state index in [4.69, 9.17) is 11.6 Å². The third kappa shape index (κ3) is 4.22. The number of carbonyl (C=O) groups is 1. The summed E-state index contributed by atoms with van der Waals surface area (Å²) in [7, 11) is 0. The summed E-state index contributed by atoms with van der Waals surface area (Å²) < 4.78 is 0. The van der Waals surface area contributed by atoms with Crippen molar-refractivity contribution in [3.05, 3.63) is 53.2 Å². The average Bonchev–Trinajstić information content (AvgIpc) is 2.89. The van der Waals surface area contributed by atoms with E-state index in [0.29, 0.717) is 12.3 Å². The molecule has 5 heteroatoms. The molecule has 1 amide bonds. The Kier molecular flexibility index (Phi) is 5.96. The van der Waals surface area contributed by atoms with Gasteiger partial charge < -0.3 is 9.88 Å². The van der Waals surface area contributed by atoms with Gasteiger partial charge in [0.25, 0.3) is 0 Å². The van der Waals surface area contributed by atoms with Crippen LogP contribution in [0.15, 0.2) is 42.6 Å². The summed E-state index contributed by atoms with van der Waals surface area (Å²) in [6, 6.07) is 11.8. The van der Waals surface area contributed by atoms with Crippen LogP contribution in [-0.2, 0) is 11.2 Å². The van der Waals surface area contributed by atoms with Crippen LogP contribution < -0.4 is 0 Å². The second kappa shape index (κ2) is 8.78. The van der Waals surface area contributed by atoms with Crippen molar-refractivity contribution in [1.82, 2.24) is 14.9 Å². The maximum Gasteiger partial charge on any atom is 0.222 e. The summed E-state index contributed by atoms with van der Waals surface area (Å²) in [6.45, 7) is 1.83. The van der Waals surface area contributed by atoms with Crippen molar-refractivity contribution < 1.29 is 4.79 Å². The lowest BCUT2D eigenvalue weighted by molar-refractivity contribution is -0.131. The largest absolute Gasteiger partial charge is 0.353 e. The first-order valence-corrected chi connectivity index (χ1v) is 10.6. The molecule has 1 aliphatic rings. The summed E-state index contributed by atoms with van der Waals surface area (Å²) in [6.07, 6.45) is 8.81. The van der Waals surface area contributed by atoms with Crippen molar-refractivity contribution in [1.29, 1.82) is 0 Å². The molecule has 3 heterocycles. The summed E-state index contributed by atoms with van der Waals surface area (Å²) in [5, 5.41) is 1.84. The molecule has 4 rings (SSSR count). The lowest BCUT2D eigenvalue weighted by atomic mass is 10.0. The van der Waals surface area contributed by atoms with E-state index in [1.165, 1.54) is 18.4 Å². The standard InChI is InChI=1S/C23H26ClN3O/c24-17-11-12-20-19(16-17)18(23(26-20)21-9-3-4-13-25-21)8-7-10-22(28)27-14-5-1-2-6-15-27/h3-4,9,11-13,16,26H,1-2,5-8,10,14-15H2. The third-order valence-electron chi connectivity index (χ3n) is 5.57. The van der Waals surface area contributed by atoms with Crippen LogP contribution in [0.4, 0.5) is 0 Å². The Morgan fingerprint density at radius 3 is 2.68 bits per heavy atom. The predicted molar refractivity (Wildman–Crippen MR) is 115 cm³/mol. The van der Waals surface area contributed by atoms with Crippen LogP contribution in [0.3, 0.4) is 0 Å². The summed E-state index contributed by atoms with van der Waals surface area (Å²) in [4.78, 5) is 22.7. The zero-order valence-corrected chi connectivity index (χ0v) is 16.8. The van der Waals surface area contributed by atoms with E-state index in [2.05, 4.69) is 14.9 Å². The highest BCUT2D eigenvalue weighted by Crippen LogP contribution is 2.32. The van der Waals surface area contributed by atoms with E-state index in [1.807, 2.05) is 36.4 Å². The Bertz CT molecular complexity index is 943. The van der Waals surface area contributed by atoms with Crippen LogP contribution in [0.5, 0.6) is 0 Å². The van der Waals surface area contributed by atoms with E-state index in [9.17, 15) is 4.79 Å². The number of aromatic nitrogens is 2. The van der Waals surface area contributed by atoms with Crippen LogP contribution in [0.25, 0.3) is 22.3 Å². The van der Waals surface area contributed by atoms with Crippen molar-refractivity contribution in [2.45, 2.75) is 44.9 Å². The van der Waals surface area contributed by atoms with E-state index in [-0.39, 0.29) is 0 Å². The van der Waals surface area contributed by atoms with Crippen LogP contribution in [-0.4, -0.2) is 33.9 Å². The molecule has 0 bridgehead atoms. The SMILES string of the molecule is O=C(CCCc1c(-c2ccccn2)[nH]c2ccc(Cl)cc12)N1CCCCCC1. The molecule has 146 valence electrons. The van der Waals surface area contributed by atoms with Crippen molar-refractivity contribution in [2.75, 3.05) is 13.1 Å². The number of aryl methyl sites for hydroxylation is 1. The number of hydrogen-bond donors (Lipinski definition) is 1. The molecule has 4 nitrogen and oxygen atoms in total. The molecule has 1 N–H and O–H groups in total. The number of likely N-dealkylation sites (tertiary alicyclic amines) is 1. The molecule has 0 radical (unpaired) electrons. The van der Waals surface area contributed by atoms with Gasteiger partial charge in [-0.2, -0.15) is 0 Å². The molecule has 0 aliphatic carbocycles. The molecule has 28 heavy (non-hydrogen) atoms. The van der Waals surface area contributed by atoms with Crippen molar-refractivity contribution in [3.8, 4) is 11.4 Å². The van der Waals surface area contributed by atoms with Crippen LogP contribution in [0.1, 0.15) is 44.1 Å². The second-order valence-corrected chi connectivity index (χ2v) is 7.97. The number of pyridine rings is 1. The minimum atomic E-state index is 0.291.